The number of nitrogens with zero attached hydrogens (tertiary/aromatic N) is 2. The van der Waals surface area contributed by atoms with Gasteiger partial charge in [-0.1, -0.05) is 30.3 Å². The van der Waals surface area contributed by atoms with E-state index in [4.69, 9.17) is 0 Å². The molecule has 2 amide bonds. The number of likely N-dealkylation sites (N-methyl/N-ethyl adjacent to an activating group) is 1. The van der Waals surface area contributed by atoms with E-state index in [1.165, 1.54) is 0 Å². The average Bonchev–Trinajstić information content (AvgIpc) is 3.01. The van der Waals surface area contributed by atoms with Gasteiger partial charge in [0.2, 0.25) is 0 Å². The summed E-state index contributed by atoms with van der Waals surface area (Å²) in [7, 11) is 5.94. The topological polar surface area (TPSA) is 66.4 Å². The molecule has 6 heteroatoms. The third-order valence-corrected chi connectivity index (χ3v) is 5.21. The van der Waals surface area contributed by atoms with Crippen molar-refractivity contribution >= 4 is 28.4 Å². The highest BCUT2D eigenvalue weighted by atomic mass is 16.2. The molecule has 6 nitrogen and oxygen atoms in total. The Morgan fingerprint density at radius 3 is 2.52 bits per heavy atom. The molecule has 1 aromatic heterocycles. The number of hydrogen-bond acceptors (Lipinski definition) is 3. The van der Waals surface area contributed by atoms with Crippen LogP contribution >= 0.6 is 0 Å². The molecule has 1 unspecified atom stereocenters. The van der Waals surface area contributed by atoms with Gasteiger partial charge in [0.25, 0.3) is 0 Å². The predicted molar refractivity (Wildman–Crippen MR) is 117 cm³/mol. The molecule has 0 saturated heterocycles. The highest BCUT2D eigenvalue weighted by Crippen LogP contribution is 2.28. The SMILES string of the molecule is Cc1ccc(C)c(NC(=O)C(=O)NCC(c2cn(C)c3ccccc23)N(C)C)c1. The Bertz CT molecular complexity index is 1050. The summed E-state index contributed by atoms with van der Waals surface area (Å²) in [6.07, 6.45) is 2.08. The zero-order chi connectivity index (χ0) is 21.1. The fourth-order valence-electron chi connectivity index (χ4n) is 3.53. The molecule has 152 valence electrons. The minimum atomic E-state index is -0.658. The molecule has 1 atom stereocenters. The van der Waals surface area contributed by atoms with E-state index in [1.807, 2.05) is 70.2 Å². The highest BCUT2D eigenvalue weighted by Gasteiger charge is 2.22. The van der Waals surface area contributed by atoms with Gasteiger partial charge in [0.05, 0.1) is 6.04 Å². The Hall–Kier alpha value is -3.12. The van der Waals surface area contributed by atoms with Crippen molar-refractivity contribution in [3.63, 3.8) is 0 Å². The quantitative estimate of drug-likeness (QED) is 0.656. The minimum absolute atomic E-state index is 0.0569. The molecule has 0 aliphatic carbocycles. The maximum absolute atomic E-state index is 12.4. The number of carbonyl (C=O) groups excluding carboxylic acids is 2. The summed E-state index contributed by atoms with van der Waals surface area (Å²) in [5.74, 6) is -1.30. The van der Waals surface area contributed by atoms with Crippen LogP contribution in [0.1, 0.15) is 22.7 Å². The predicted octanol–water partition coefficient (Wildman–Crippen LogP) is 3.15. The van der Waals surface area contributed by atoms with E-state index < -0.39 is 11.8 Å². The van der Waals surface area contributed by atoms with Gasteiger partial charge >= 0.3 is 11.8 Å². The van der Waals surface area contributed by atoms with Crippen LogP contribution in [0, 0.1) is 13.8 Å². The molecule has 2 aromatic carbocycles. The molecule has 0 fully saturated rings. The Labute approximate surface area is 171 Å². The van der Waals surface area contributed by atoms with Crippen molar-refractivity contribution in [3.05, 3.63) is 65.4 Å². The number of fused-ring (bicyclic) bond motifs is 1. The van der Waals surface area contributed by atoms with Gasteiger partial charge in [-0.05, 0) is 56.8 Å². The number of hydrogen-bond donors (Lipinski definition) is 2. The third-order valence-electron chi connectivity index (χ3n) is 5.21. The Morgan fingerprint density at radius 2 is 1.79 bits per heavy atom. The minimum Gasteiger partial charge on any atom is -0.350 e. The van der Waals surface area contributed by atoms with E-state index in [-0.39, 0.29) is 6.04 Å². The second-order valence-corrected chi connectivity index (χ2v) is 7.67. The van der Waals surface area contributed by atoms with Crippen LogP contribution in [0.15, 0.2) is 48.7 Å². The average molecular weight is 393 g/mol. The normalized spacial score (nSPS) is 12.2. The number of rotatable bonds is 5. The second-order valence-electron chi connectivity index (χ2n) is 7.67. The lowest BCUT2D eigenvalue weighted by Crippen LogP contribution is -2.40. The standard InChI is InChI=1S/C23H28N4O2/c1-15-10-11-16(2)19(12-15)25-23(29)22(28)24-13-21(26(3)4)18-14-27(5)20-9-7-6-8-17(18)20/h6-12,14,21H,13H2,1-5H3,(H,24,28)(H,25,29). The van der Waals surface area contributed by atoms with Crippen LogP contribution in [0.3, 0.4) is 0 Å². The first-order valence-electron chi connectivity index (χ1n) is 9.64. The van der Waals surface area contributed by atoms with Gasteiger partial charge < -0.3 is 20.1 Å². The van der Waals surface area contributed by atoms with Crippen molar-refractivity contribution in [1.82, 2.24) is 14.8 Å². The van der Waals surface area contributed by atoms with Crippen molar-refractivity contribution < 1.29 is 9.59 Å². The molecular formula is C23H28N4O2. The Balaban J connectivity index is 1.72. The van der Waals surface area contributed by atoms with E-state index >= 15 is 0 Å². The van der Waals surface area contributed by atoms with Crippen molar-refractivity contribution in [2.45, 2.75) is 19.9 Å². The van der Waals surface area contributed by atoms with Gasteiger partial charge in [0.1, 0.15) is 0 Å². The summed E-state index contributed by atoms with van der Waals surface area (Å²) in [4.78, 5) is 26.8. The molecule has 29 heavy (non-hydrogen) atoms. The molecule has 1 heterocycles. The number of anilines is 1. The van der Waals surface area contributed by atoms with E-state index in [1.54, 1.807) is 0 Å². The summed E-state index contributed by atoms with van der Waals surface area (Å²) in [6, 6.07) is 13.9. The third kappa shape index (κ3) is 4.49. The van der Waals surface area contributed by atoms with E-state index in [0.29, 0.717) is 12.2 Å². The molecule has 0 spiro atoms. The van der Waals surface area contributed by atoms with Gasteiger partial charge in [-0.15, -0.1) is 0 Å². The first-order valence-corrected chi connectivity index (χ1v) is 9.64. The molecule has 3 rings (SSSR count). The Kier molecular flexibility index (Phi) is 6.03. The number of para-hydroxylation sites is 1. The smallest absolute Gasteiger partial charge is 0.313 e. The lowest BCUT2D eigenvalue weighted by atomic mass is 10.0. The monoisotopic (exact) mass is 392 g/mol. The molecule has 0 aliphatic rings. The largest absolute Gasteiger partial charge is 0.350 e. The van der Waals surface area contributed by atoms with E-state index in [0.717, 1.165) is 27.6 Å². The summed E-state index contributed by atoms with van der Waals surface area (Å²) < 4.78 is 2.08. The summed E-state index contributed by atoms with van der Waals surface area (Å²) in [5, 5.41) is 6.64. The number of carbonyl (C=O) groups is 2. The van der Waals surface area contributed by atoms with Crippen molar-refractivity contribution in [1.29, 1.82) is 0 Å². The van der Waals surface area contributed by atoms with Crippen molar-refractivity contribution in [2.24, 2.45) is 7.05 Å². The van der Waals surface area contributed by atoms with Crippen LogP contribution in [-0.2, 0) is 16.6 Å². The maximum Gasteiger partial charge on any atom is 0.313 e. The fourth-order valence-corrected chi connectivity index (χ4v) is 3.53. The first kappa shape index (κ1) is 20.6. The number of aryl methyl sites for hydroxylation is 3. The molecule has 0 bridgehead atoms. The van der Waals surface area contributed by atoms with Crippen LogP contribution in [0.5, 0.6) is 0 Å². The summed E-state index contributed by atoms with van der Waals surface area (Å²) in [6.45, 7) is 4.18. The van der Waals surface area contributed by atoms with Gasteiger partial charge in [-0.3, -0.25) is 9.59 Å². The van der Waals surface area contributed by atoms with Crippen LogP contribution < -0.4 is 10.6 Å². The van der Waals surface area contributed by atoms with Crippen LogP contribution in [0.2, 0.25) is 0 Å². The number of nitrogens with one attached hydrogen (secondary N) is 2. The fraction of sp³-hybridized carbons (Fsp3) is 0.304. The number of aromatic nitrogens is 1. The molecular weight excluding hydrogens is 364 g/mol. The number of amides is 2. The van der Waals surface area contributed by atoms with E-state index in [9.17, 15) is 9.59 Å². The molecule has 0 aliphatic heterocycles. The first-order chi connectivity index (χ1) is 13.8. The van der Waals surface area contributed by atoms with Gasteiger partial charge in [0.15, 0.2) is 0 Å². The zero-order valence-corrected chi connectivity index (χ0v) is 17.6. The van der Waals surface area contributed by atoms with Crippen LogP contribution in [0.25, 0.3) is 10.9 Å². The summed E-state index contributed by atoms with van der Waals surface area (Å²) in [5.41, 5.74) is 4.84. The van der Waals surface area contributed by atoms with Gasteiger partial charge in [0, 0.05) is 36.4 Å². The van der Waals surface area contributed by atoms with E-state index in [2.05, 4.69) is 33.5 Å². The lowest BCUT2D eigenvalue weighted by Gasteiger charge is -2.24. The molecule has 0 saturated carbocycles. The van der Waals surface area contributed by atoms with Crippen LogP contribution in [0.4, 0.5) is 5.69 Å². The highest BCUT2D eigenvalue weighted by molar-refractivity contribution is 6.39. The molecule has 2 N–H and O–H groups in total. The molecule has 0 radical (unpaired) electrons. The lowest BCUT2D eigenvalue weighted by molar-refractivity contribution is -0.136. The summed E-state index contributed by atoms with van der Waals surface area (Å²) >= 11 is 0. The van der Waals surface area contributed by atoms with Crippen molar-refractivity contribution in [3.8, 4) is 0 Å². The van der Waals surface area contributed by atoms with Crippen LogP contribution in [-0.4, -0.2) is 41.9 Å². The van der Waals surface area contributed by atoms with Gasteiger partial charge in [-0.25, -0.2) is 0 Å². The molecule has 3 aromatic rings. The zero-order valence-electron chi connectivity index (χ0n) is 17.6. The van der Waals surface area contributed by atoms with Gasteiger partial charge in [-0.2, -0.15) is 0 Å². The maximum atomic E-state index is 12.4. The number of benzene rings is 2. The second kappa shape index (κ2) is 8.49. The van der Waals surface area contributed by atoms with Crippen molar-refractivity contribution in [2.75, 3.05) is 26.0 Å². The Morgan fingerprint density at radius 1 is 1.07 bits per heavy atom.